The van der Waals surface area contributed by atoms with Gasteiger partial charge in [0, 0.05) is 41.7 Å². The molecule has 0 aliphatic heterocycles. The van der Waals surface area contributed by atoms with E-state index in [1.807, 2.05) is 20.0 Å². The predicted molar refractivity (Wildman–Crippen MR) is 107 cm³/mol. The summed E-state index contributed by atoms with van der Waals surface area (Å²) in [4.78, 5) is 29.0. The van der Waals surface area contributed by atoms with E-state index in [-0.39, 0.29) is 5.69 Å². The largest absolute Gasteiger partial charge is 0.477 e. The van der Waals surface area contributed by atoms with Gasteiger partial charge in [-0.25, -0.2) is 14.8 Å². The highest BCUT2D eigenvalue weighted by Gasteiger charge is 2.40. The Labute approximate surface area is 169 Å². The lowest BCUT2D eigenvalue weighted by atomic mass is 10.1. The molecule has 3 aromatic rings. The molecule has 0 radical (unpaired) electrons. The number of hydrogen-bond donors (Lipinski definition) is 0. The lowest BCUT2D eigenvalue weighted by molar-refractivity contribution is 0.0594. The maximum absolute atomic E-state index is 11.6. The summed E-state index contributed by atoms with van der Waals surface area (Å²) in [6.07, 6.45) is 6.29. The third-order valence-corrected chi connectivity index (χ3v) is 5.01. The first-order valence-corrected chi connectivity index (χ1v) is 9.49. The molecule has 7 heteroatoms. The summed E-state index contributed by atoms with van der Waals surface area (Å²) in [6, 6.07) is 7.59. The van der Waals surface area contributed by atoms with Crippen molar-refractivity contribution in [2.75, 3.05) is 13.7 Å². The van der Waals surface area contributed by atoms with E-state index in [9.17, 15) is 4.79 Å². The molecule has 2 atom stereocenters. The molecule has 7 nitrogen and oxygen atoms in total. The molecule has 1 saturated carbocycles. The van der Waals surface area contributed by atoms with Crippen LogP contribution in [0.1, 0.15) is 39.9 Å². The number of rotatable bonds is 6. The van der Waals surface area contributed by atoms with Crippen molar-refractivity contribution < 1.29 is 14.3 Å². The summed E-state index contributed by atoms with van der Waals surface area (Å²) in [5, 5.41) is 0. The Morgan fingerprint density at radius 2 is 1.93 bits per heavy atom. The summed E-state index contributed by atoms with van der Waals surface area (Å²) in [5.41, 5.74) is 4.05. The molecular formula is C22H22N4O3. The molecule has 29 heavy (non-hydrogen) atoms. The molecule has 1 fully saturated rings. The number of carbonyl (C=O) groups is 1. The number of esters is 1. The number of aromatic nitrogens is 4. The summed E-state index contributed by atoms with van der Waals surface area (Å²) in [5.74, 6) is 1.54. The van der Waals surface area contributed by atoms with E-state index in [0.29, 0.717) is 30.1 Å². The molecule has 148 valence electrons. The molecule has 0 N–H and O–H groups in total. The zero-order chi connectivity index (χ0) is 20.4. The van der Waals surface area contributed by atoms with Gasteiger partial charge >= 0.3 is 5.97 Å². The maximum Gasteiger partial charge on any atom is 0.356 e. The number of nitrogens with zero attached hydrogens (tertiary/aromatic N) is 4. The van der Waals surface area contributed by atoms with E-state index in [4.69, 9.17) is 9.47 Å². The van der Waals surface area contributed by atoms with Gasteiger partial charge in [-0.05, 0) is 38.0 Å². The number of pyridine rings is 2. The molecule has 0 amide bonds. The van der Waals surface area contributed by atoms with Gasteiger partial charge in [0.15, 0.2) is 0 Å². The summed E-state index contributed by atoms with van der Waals surface area (Å²) in [7, 11) is 1.33. The van der Waals surface area contributed by atoms with Crippen LogP contribution in [0.5, 0.6) is 5.88 Å². The number of carbonyl (C=O) groups excluding carboxylic acids is 1. The highest BCUT2D eigenvalue weighted by Crippen LogP contribution is 2.47. The van der Waals surface area contributed by atoms with Gasteiger partial charge in [-0.15, -0.1) is 0 Å². The first kappa shape index (κ1) is 19.0. The van der Waals surface area contributed by atoms with Crippen LogP contribution in [0.4, 0.5) is 0 Å². The van der Waals surface area contributed by atoms with Gasteiger partial charge in [0.05, 0.1) is 19.3 Å². The van der Waals surface area contributed by atoms with E-state index in [1.54, 1.807) is 24.5 Å². The van der Waals surface area contributed by atoms with Crippen LogP contribution in [0.25, 0.3) is 11.1 Å². The van der Waals surface area contributed by atoms with Crippen molar-refractivity contribution in [3.8, 4) is 17.0 Å². The molecule has 0 saturated heterocycles. The molecule has 3 aromatic heterocycles. The lowest BCUT2D eigenvalue weighted by Gasteiger charge is -2.11. The SMILES string of the molecule is COC(=O)c1ccc(-c2cnc(C)nc2OCC2CC2c2ccc(C)cn2)cn1. The van der Waals surface area contributed by atoms with E-state index >= 15 is 0 Å². The number of hydrogen-bond acceptors (Lipinski definition) is 7. The van der Waals surface area contributed by atoms with Crippen LogP contribution in [0, 0.1) is 19.8 Å². The fourth-order valence-electron chi connectivity index (χ4n) is 3.21. The van der Waals surface area contributed by atoms with Gasteiger partial charge in [0.2, 0.25) is 5.88 Å². The van der Waals surface area contributed by atoms with E-state index in [0.717, 1.165) is 28.8 Å². The molecule has 3 heterocycles. The van der Waals surface area contributed by atoms with E-state index < -0.39 is 5.97 Å². The van der Waals surface area contributed by atoms with Gasteiger partial charge < -0.3 is 9.47 Å². The molecule has 1 aliphatic rings. The minimum Gasteiger partial charge on any atom is -0.477 e. The second kappa shape index (κ2) is 7.95. The molecule has 0 spiro atoms. The second-order valence-corrected chi connectivity index (χ2v) is 7.23. The second-order valence-electron chi connectivity index (χ2n) is 7.23. The molecular weight excluding hydrogens is 368 g/mol. The van der Waals surface area contributed by atoms with Crippen LogP contribution >= 0.6 is 0 Å². The highest BCUT2D eigenvalue weighted by atomic mass is 16.5. The van der Waals surface area contributed by atoms with Crippen LogP contribution < -0.4 is 4.74 Å². The van der Waals surface area contributed by atoms with E-state index in [1.165, 1.54) is 7.11 Å². The van der Waals surface area contributed by atoms with Crippen molar-refractivity contribution in [1.29, 1.82) is 0 Å². The standard InChI is InChI=1S/C22H22N4O3/c1-13-4-6-19(24-9-13)17-8-16(17)12-29-21-18(11-23-14(2)26-21)15-5-7-20(25-10-15)22(27)28-3/h4-7,9-11,16-17H,8,12H2,1-3H3. The molecule has 0 aromatic carbocycles. The molecule has 4 rings (SSSR count). The Morgan fingerprint density at radius 3 is 2.62 bits per heavy atom. The van der Waals surface area contributed by atoms with Crippen LogP contribution in [0.2, 0.25) is 0 Å². The van der Waals surface area contributed by atoms with Gasteiger partial charge in [-0.1, -0.05) is 12.1 Å². The Morgan fingerprint density at radius 1 is 1.07 bits per heavy atom. The van der Waals surface area contributed by atoms with Crippen LogP contribution in [0.3, 0.4) is 0 Å². The van der Waals surface area contributed by atoms with Crippen molar-refractivity contribution in [2.45, 2.75) is 26.2 Å². The summed E-state index contributed by atoms with van der Waals surface area (Å²) in [6.45, 7) is 4.43. The van der Waals surface area contributed by atoms with Crippen molar-refractivity contribution in [2.24, 2.45) is 5.92 Å². The quantitative estimate of drug-likeness (QED) is 0.595. The van der Waals surface area contributed by atoms with Crippen LogP contribution in [-0.4, -0.2) is 39.6 Å². The Hall–Kier alpha value is -3.35. The maximum atomic E-state index is 11.6. The number of methoxy groups -OCH3 is 1. The predicted octanol–water partition coefficient (Wildman–Crippen LogP) is 3.52. The van der Waals surface area contributed by atoms with Gasteiger partial charge in [0.25, 0.3) is 0 Å². The average molecular weight is 390 g/mol. The number of ether oxygens (including phenoxy) is 2. The smallest absolute Gasteiger partial charge is 0.356 e. The van der Waals surface area contributed by atoms with Crippen molar-refractivity contribution in [3.05, 3.63) is 65.6 Å². The van der Waals surface area contributed by atoms with Crippen molar-refractivity contribution in [1.82, 2.24) is 19.9 Å². The number of aryl methyl sites for hydroxylation is 2. The van der Waals surface area contributed by atoms with Gasteiger partial charge in [0.1, 0.15) is 11.5 Å². The van der Waals surface area contributed by atoms with Crippen LogP contribution in [0.15, 0.2) is 42.9 Å². The first-order chi connectivity index (χ1) is 14.0. The zero-order valence-corrected chi connectivity index (χ0v) is 16.6. The Kier molecular flexibility index (Phi) is 5.20. The Bertz CT molecular complexity index is 1020. The van der Waals surface area contributed by atoms with Crippen molar-refractivity contribution >= 4 is 5.97 Å². The average Bonchev–Trinajstić information content (AvgIpc) is 3.52. The van der Waals surface area contributed by atoms with Gasteiger partial charge in [-0.2, -0.15) is 4.98 Å². The normalized spacial score (nSPS) is 17.6. The third kappa shape index (κ3) is 4.23. The molecule has 2 unspecified atom stereocenters. The third-order valence-electron chi connectivity index (χ3n) is 5.01. The summed E-state index contributed by atoms with van der Waals surface area (Å²) < 4.78 is 10.8. The first-order valence-electron chi connectivity index (χ1n) is 9.49. The zero-order valence-electron chi connectivity index (χ0n) is 16.6. The molecule has 0 bridgehead atoms. The molecule has 1 aliphatic carbocycles. The topological polar surface area (TPSA) is 87.1 Å². The van der Waals surface area contributed by atoms with E-state index in [2.05, 4.69) is 32.1 Å². The van der Waals surface area contributed by atoms with Crippen LogP contribution in [-0.2, 0) is 4.74 Å². The minimum atomic E-state index is -0.474. The summed E-state index contributed by atoms with van der Waals surface area (Å²) >= 11 is 0. The van der Waals surface area contributed by atoms with Crippen molar-refractivity contribution in [3.63, 3.8) is 0 Å². The lowest BCUT2D eigenvalue weighted by Crippen LogP contribution is -2.06. The minimum absolute atomic E-state index is 0.248. The Balaban J connectivity index is 1.48. The fourth-order valence-corrected chi connectivity index (χ4v) is 3.21. The fraction of sp³-hybridized carbons (Fsp3) is 0.318. The monoisotopic (exact) mass is 390 g/mol. The van der Waals surface area contributed by atoms with Gasteiger partial charge in [-0.3, -0.25) is 4.98 Å². The highest BCUT2D eigenvalue weighted by molar-refractivity contribution is 5.87.